The number of hydrogen-bond acceptors (Lipinski definition) is 4. The molecule has 0 spiro atoms. The van der Waals surface area contributed by atoms with E-state index in [1.165, 1.54) is 0 Å². The quantitative estimate of drug-likeness (QED) is 0.788. The van der Waals surface area contributed by atoms with Crippen molar-refractivity contribution in [3.63, 3.8) is 0 Å². The van der Waals surface area contributed by atoms with Crippen molar-refractivity contribution >= 4 is 28.1 Å². The van der Waals surface area contributed by atoms with Crippen LogP contribution in [0.2, 0.25) is 0 Å². The summed E-state index contributed by atoms with van der Waals surface area (Å²) in [5.41, 5.74) is 2.59. The summed E-state index contributed by atoms with van der Waals surface area (Å²) >= 11 is 0. The average Bonchev–Trinajstić information content (AvgIpc) is 2.48. The van der Waals surface area contributed by atoms with E-state index >= 15 is 0 Å². The number of fused-ring (bicyclic) bond motifs is 2. The first-order valence-corrected chi connectivity index (χ1v) is 8.77. The second-order valence-corrected chi connectivity index (χ2v) is 8.60. The molecule has 0 saturated heterocycles. The zero-order valence-corrected chi connectivity index (χ0v) is 16.5. The van der Waals surface area contributed by atoms with Gasteiger partial charge in [-0.15, -0.1) is 0 Å². The van der Waals surface area contributed by atoms with Gasteiger partial charge in [0, 0.05) is 35.3 Å². The smallest absolute Gasteiger partial charge is 0.349 e. The van der Waals surface area contributed by atoms with Crippen molar-refractivity contribution < 1.29 is 9.21 Å². The Balaban J connectivity index is 2.17. The average molecular weight is 354 g/mol. The van der Waals surface area contributed by atoms with E-state index in [0.717, 1.165) is 22.2 Å². The van der Waals surface area contributed by atoms with Crippen LogP contribution in [0.1, 0.15) is 57.5 Å². The molecule has 0 atom stereocenters. The van der Waals surface area contributed by atoms with E-state index in [9.17, 15) is 9.59 Å². The van der Waals surface area contributed by atoms with E-state index in [-0.39, 0.29) is 11.1 Å². The molecule has 0 fully saturated rings. The van der Waals surface area contributed by atoms with E-state index in [2.05, 4.69) is 37.1 Å². The van der Waals surface area contributed by atoms with Crippen LogP contribution >= 0.6 is 0 Å². The van der Waals surface area contributed by atoms with Crippen LogP contribution in [0.15, 0.2) is 33.5 Å². The van der Waals surface area contributed by atoms with Gasteiger partial charge < -0.3 is 14.6 Å². The number of likely N-dealkylation sites (N-methyl/N-ethyl adjacent to an activating group) is 1. The number of carbonyl (C=O) groups excluding carboxylic acids is 1. The van der Waals surface area contributed by atoms with Crippen LogP contribution in [0.25, 0.3) is 16.5 Å². The van der Waals surface area contributed by atoms with Crippen molar-refractivity contribution in [2.45, 2.75) is 52.6 Å². The predicted molar refractivity (Wildman–Crippen MR) is 106 cm³/mol. The Morgan fingerprint density at radius 1 is 1.19 bits per heavy atom. The Labute approximate surface area is 153 Å². The minimum absolute atomic E-state index is 0.0264. The van der Waals surface area contributed by atoms with E-state index in [4.69, 9.17) is 4.42 Å². The number of hydrogen-bond donors (Lipinski definition) is 1. The molecule has 0 unspecified atom stereocenters. The van der Waals surface area contributed by atoms with Gasteiger partial charge in [0.25, 0.3) is 5.91 Å². The number of carbonyl (C=O) groups is 1. The molecular formula is C21H26N2O3. The molecule has 1 aliphatic rings. The third kappa shape index (κ3) is 3.14. The number of amides is 1. The molecule has 1 aliphatic heterocycles. The maximum Gasteiger partial charge on any atom is 0.349 e. The van der Waals surface area contributed by atoms with Gasteiger partial charge in [-0.3, -0.25) is 4.79 Å². The summed E-state index contributed by atoms with van der Waals surface area (Å²) in [5.74, 6) is -0.420. The van der Waals surface area contributed by atoms with Gasteiger partial charge in [-0.05, 0) is 59.2 Å². The highest BCUT2D eigenvalue weighted by molar-refractivity contribution is 5.98. The summed E-state index contributed by atoms with van der Waals surface area (Å²) in [6.45, 7) is 12.0. The molecule has 2 aromatic rings. The Bertz CT molecular complexity index is 991. The van der Waals surface area contributed by atoms with Gasteiger partial charge in [-0.1, -0.05) is 6.08 Å². The molecular weight excluding hydrogens is 328 g/mol. The van der Waals surface area contributed by atoms with Crippen molar-refractivity contribution in [1.29, 1.82) is 0 Å². The number of nitrogens with zero attached hydrogens (tertiary/aromatic N) is 1. The van der Waals surface area contributed by atoms with Crippen LogP contribution in [0.4, 0.5) is 5.69 Å². The molecule has 1 amide bonds. The lowest BCUT2D eigenvalue weighted by atomic mass is 9.88. The molecule has 5 heteroatoms. The highest BCUT2D eigenvalue weighted by Crippen LogP contribution is 2.39. The van der Waals surface area contributed by atoms with Crippen LogP contribution in [-0.4, -0.2) is 24.0 Å². The minimum Gasteiger partial charge on any atom is -0.422 e. The zero-order valence-electron chi connectivity index (χ0n) is 16.5. The molecule has 1 aromatic carbocycles. The van der Waals surface area contributed by atoms with Crippen LogP contribution in [-0.2, 0) is 0 Å². The third-order valence-electron chi connectivity index (χ3n) is 4.80. The monoisotopic (exact) mass is 354 g/mol. The lowest BCUT2D eigenvalue weighted by Crippen LogP contribution is -2.42. The first-order chi connectivity index (χ1) is 11.9. The fourth-order valence-electron chi connectivity index (χ4n) is 3.33. The fraction of sp³-hybridized carbons (Fsp3) is 0.429. The second-order valence-electron chi connectivity index (χ2n) is 8.60. The van der Waals surface area contributed by atoms with Gasteiger partial charge in [0.1, 0.15) is 11.1 Å². The molecule has 0 saturated carbocycles. The Hall–Kier alpha value is -2.56. The minimum atomic E-state index is -0.621. The highest BCUT2D eigenvalue weighted by atomic mass is 16.4. The summed E-state index contributed by atoms with van der Waals surface area (Å²) in [5, 5.41) is 3.55. The van der Waals surface area contributed by atoms with Crippen LogP contribution < -0.4 is 15.8 Å². The maximum absolute atomic E-state index is 12.4. The largest absolute Gasteiger partial charge is 0.422 e. The SMILES string of the molecule is CC1=CC(C)(C)N(C)c2cc3oc(=O)c(C(=O)NC(C)(C)C)cc3cc21. The first kappa shape index (κ1) is 18.2. The normalized spacial score (nSPS) is 16.3. The Kier molecular flexibility index (Phi) is 4.02. The van der Waals surface area contributed by atoms with Crippen molar-refractivity contribution in [2.24, 2.45) is 0 Å². The number of rotatable bonds is 1. The van der Waals surface area contributed by atoms with Gasteiger partial charge in [0.15, 0.2) is 0 Å². The molecule has 1 aromatic heterocycles. The molecule has 0 aliphatic carbocycles. The van der Waals surface area contributed by atoms with Crippen LogP contribution in [0.5, 0.6) is 0 Å². The van der Waals surface area contributed by atoms with Gasteiger partial charge in [-0.25, -0.2) is 4.79 Å². The lowest BCUT2D eigenvalue weighted by molar-refractivity contribution is 0.0916. The summed E-state index contributed by atoms with van der Waals surface area (Å²) in [7, 11) is 2.02. The zero-order chi connectivity index (χ0) is 19.4. The first-order valence-electron chi connectivity index (χ1n) is 8.77. The Morgan fingerprint density at radius 3 is 2.46 bits per heavy atom. The van der Waals surface area contributed by atoms with Crippen molar-refractivity contribution in [3.05, 3.63) is 45.8 Å². The van der Waals surface area contributed by atoms with E-state index < -0.39 is 17.1 Å². The number of allylic oxidation sites excluding steroid dienone is 1. The molecule has 3 rings (SSSR count). The van der Waals surface area contributed by atoms with Crippen LogP contribution in [0, 0.1) is 0 Å². The molecule has 2 heterocycles. The summed E-state index contributed by atoms with van der Waals surface area (Å²) in [4.78, 5) is 26.9. The Morgan fingerprint density at radius 2 is 1.85 bits per heavy atom. The van der Waals surface area contributed by atoms with Crippen molar-refractivity contribution in [1.82, 2.24) is 5.32 Å². The van der Waals surface area contributed by atoms with Crippen LogP contribution in [0.3, 0.4) is 0 Å². The third-order valence-corrected chi connectivity index (χ3v) is 4.80. The summed E-state index contributed by atoms with van der Waals surface area (Å²) in [6.07, 6.45) is 2.22. The summed E-state index contributed by atoms with van der Waals surface area (Å²) in [6, 6.07) is 5.49. The molecule has 26 heavy (non-hydrogen) atoms. The maximum atomic E-state index is 12.4. The topological polar surface area (TPSA) is 62.6 Å². The van der Waals surface area contributed by atoms with Gasteiger partial charge in [-0.2, -0.15) is 0 Å². The van der Waals surface area contributed by atoms with Crippen molar-refractivity contribution in [3.8, 4) is 0 Å². The number of nitrogens with one attached hydrogen (secondary N) is 1. The molecule has 138 valence electrons. The molecule has 0 radical (unpaired) electrons. The standard InChI is InChI=1S/C21H26N2O3/c1-12-11-21(5,6)23(7)16-10-17-13(8-14(12)16)9-15(19(25)26-17)18(24)22-20(2,3)4/h8-11H,1-7H3,(H,22,24). The van der Waals surface area contributed by atoms with E-state index in [1.807, 2.05) is 40.0 Å². The molecule has 1 N–H and O–H groups in total. The van der Waals surface area contributed by atoms with Crippen molar-refractivity contribution in [2.75, 3.05) is 11.9 Å². The summed E-state index contributed by atoms with van der Waals surface area (Å²) < 4.78 is 5.48. The molecule has 5 nitrogen and oxygen atoms in total. The van der Waals surface area contributed by atoms with E-state index in [1.54, 1.807) is 6.07 Å². The number of benzene rings is 1. The van der Waals surface area contributed by atoms with Gasteiger partial charge >= 0.3 is 5.63 Å². The molecule has 0 bridgehead atoms. The predicted octanol–water partition coefficient (Wildman–Crippen LogP) is 3.95. The number of anilines is 1. The fourth-order valence-corrected chi connectivity index (χ4v) is 3.33. The highest BCUT2D eigenvalue weighted by Gasteiger charge is 2.29. The van der Waals surface area contributed by atoms with E-state index in [0.29, 0.717) is 5.58 Å². The van der Waals surface area contributed by atoms with Gasteiger partial charge in [0.2, 0.25) is 0 Å². The lowest BCUT2D eigenvalue weighted by Gasteiger charge is -2.40. The second kappa shape index (κ2) is 5.73. The van der Waals surface area contributed by atoms with Gasteiger partial charge in [0.05, 0.1) is 5.54 Å².